The Kier molecular flexibility index (Phi) is 2.51. The number of nitrogens with zero attached hydrogens (tertiary/aromatic N) is 1. The Hall–Kier alpha value is -3.06. The Balaban J connectivity index is 1.90. The molecule has 0 N–H and O–H groups in total. The molecule has 6 rings (SSSR count). The van der Waals surface area contributed by atoms with Crippen LogP contribution in [0.3, 0.4) is 0 Å². The van der Waals surface area contributed by atoms with Gasteiger partial charge in [0.1, 0.15) is 0 Å². The van der Waals surface area contributed by atoms with Gasteiger partial charge >= 0.3 is 0 Å². The summed E-state index contributed by atoms with van der Waals surface area (Å²) >= 11 is 0. The van der Waals surface area contributed by atoms with Crippen molar-refractivity contribution < 1.29 is 0 Å². The predicted octanol–water partition coefficient (Wildman–Crippen LogP) is 6.09. The van der Waals surface area contributed by atoms with Gasteiger partial charge in [0.15, 0.2) is 0 Å². The van der Waals surface area contributed by atoms with Crippen LogP contribution in [0, 0.1) is 0 Å². The summed E-state index contributed by atoms with van der Waals surface area (Å²) in [6, 6.07) is 24.5. The smallest absolute Gasteiger partial charge is 0.0579 e. The van der Waals surface area contributed by atoms with Gasteiger partial charge in [0, 0.05) is 22.6 Å². The maximum atomic E-state index is 2.48. The third kappa shape index (κ3) is 1.63. The van der Waals surface area contributed by atoms with Crippen LogP contribution >= 0.6 is 0 Å². The maximum absolute atomic E-state index is 2.48. The summed E-state index contributed by atoms with van der Waals surface area (Å²) in [5.74, 6) is 0.783. The van der Waals surface area contributed by atoms with Crippen LogP contribution in [0.1, 0.15) is 23.0 Å². The molecular weight excluding hydrogens is 302 g/mol. The van der Waals surface area contributed by atoms with Crippen LogP contribution in [0.2, 0.25) is 0 Å². The summed E-state index contributed by atoms with van der Waals surface area (Å²) in [4.78, 5) is 0. The fourth-order valence-electron chi connectivity index (χ4n) is 4.74. The second-order valence-corrected chi connectivity index (χ2v) is 6.98. The van der Waals surface area contributed by atoms with E-state index in [1.54, 1.807) is 0 Å². The van der Waals surface area contributed by atoms with E-state index in [1.165, 1.54) is 38.6 Å². The lowest BCUT2D eigenvalue weighted by atomic mass is 9.79. The summed E-state index contributed by atoms with van der Waals surface area (Å²) in [6.45, 7) is 0. The van der Waals surface area contributed by atoms with Crippen molar-refractivity contribution in [3.63, 3.8) is 0 Å². The number of para-hydroxylation sites is 3. The van der Waals surface area contributed by atoms with Crippen LogP contribution in [-0.2, 0) is 0 Å². The van der Waals surface area contributed by atoms with Gasteiger partial charge in [-0.2, -0.15) is 0 Å². The van der Waals surface area contributed by atoms with E-state index >= 15 is 0 Å². The van der Waals surface area contributed by atoms with Gasteiger partial charge in [-0.05, 0) is 23.3 Å². The van der Waals surface area contributed by atoms with Crippen molar-refractivity contribution in [3.8, 4) is 5.69 Å². The first-order valence-corrected chi connectivity index (χ1v) is 8.90. The average Bonchev–Trinajstić information content (AvgIpc) is 2.96. The molecular formula is C24H17N. The van der Waals surface area contributed by atoms with Crippen molar-refractivity contribution >= 4 is 21.8 Å². The molecule has 0 fully saturated rings. The molecule has 2 atom stereocenters. The molecule has 4 aromatic rings. The summed E-state index contributed by atoms with van der Waals surface area (Å²) in [5.41, 5.74) is 6.81. The fourth-order valence-corrected chi connectivity index (χ4v) is 4.74. The summed E-state index contributed by atoms with van der Waals surface area (Å²) in [7, 11) is 0. The molecule has 0 saturated carbocycles. The largest absolute Gasteiger partial charge is 0.309 e. The second kappa shape index (κ2) is 4.73. The second-order valence-electron chi connectivity index (χ2n) is 6.98. The fraction of sp³-hybridized carbons (Fsp3) is 0.0833. The van der Waals surface area contributed by atoms with E-state index in [2.05, 4.69) is 95.6 Å². The third-order valence-corrected chi connectivity index (χ3v) is 5.76. The van der Waals surface area contributed by atoms with E-state index in [4.69, 9.17) is 0 Å². The highest BCUT2D eigenvalue weighted by atomic mass is 15.0. The Morgan fingerprint density at radius 1 is 0.600 bits per heavy atom. The molecule has 118 valence electrons. The SMILES string of the molecule is C1=CC2c3ccccc3-n3c4ccccc4c4cccc(c43)C2C=C1. The Bertz CT molecular complexity index is 1210. The molecule has 0 saturated heterocycles. The number of fused-ring (bicyclic) bond motifs is 8. The monoisotopic (exact) mass is 319 g/mol. The van der Waals surface area contributed by atoms with Crippen LogP contribution in [0.15, 0.2) is 91.0 Å². The lowest BCUT2D eigenvalue weighted by Gasteiger charge is -2.24. The highest BCUT2D eigenvalue weighted by Crippen LogP contribution is 2.48. The quantitative estimate of drug-likeness (QED) is 0.369. The minimum absolute atomic E-state index is 0.389. The molecule has 2 aliphatic rings. The molecule has 0 spiro atoms. The summed E-state index contributed by atoms with van der Waals surface area (Å²) in [6.07, 6.45) is 9.11. The van der Waals surface area contributed by atoms with Crippen LogP contribution in [0.4, 0.5) is 0 Å². The molecule has 0 radical (unpaired) electrons. The zero-order chi connectivity index (χ0) is 16.4. The zero-order valence-corrected chi connectivity index (χ0v) is 13.8. The molecule has 25 heavy (non-hydrogen) atoms. The number of rotatable bonds is 0. The third-order valence-electron chi connectivity index (χ3n) is 5.76. The van der Waals surface area contributed by atoms with Gasteiger partial charge in [-0.1, -0.05) is 78.9 Å². The van der Waals surface area contributed by atoms with Crippen LogP contribution < -0.4 is 0 Å². The molecule has 1 aliphatic heterocycles. The standard InChI is InChI=1S/C24H17N/c1-2-9-17-16(8-1)18-10-3-5-14-22(18)25-23-15-6-4-11-19(23)21-13-7-12-20(17)24(21)25/h1-17H. The summed E-state index contributed by atoms with van der Waals surface area (Å²) < 4.78 is 2.48. The highest BCUT2D eigenvalue weighted by molar-refractivity contribution is 6.10. The number of aromatic nitrogens is 1. The highest BCUT2D eigenvalue weighted by Gasteiger charge is 2.31. The van der Waals surface area contributed by atoms with Gasteiger partial charge in [-0.3, -0.25) is 0 Å². The lowest BCUT2D eigenvalue weighted by Crippen LogP contribution is -2.09. The van der Waals surface area contributed by atoms with E-state index < -0.39 is 0 Å². The summed E-state index contributed by atoms with van der Waals surface area (Å²) in [5, 5.41) is 2.69. The molecule has 3 aromatic carbocycles. The molecule has 0 bridgehead atoms. The van der Waals surface area contributed by atoms with Crippen LogP contribution in [-0.4, -0.2) is 4.57 Å². The van der Waals surface area contributed by atoms with E-state index in [0.29, 0.717) is 11.8 Å². The van der Waals surface area contributed by atoms with Gasteiger partial charge in [-0.15, -0.1) is 0 Å². The van der Waals surface area contributed by atoms with E-state index in [-0.39, 0.29) is 0 Å². The zero-order valence-electron chi connectivity index (χ0n) is 13.8. The minimum Gasteiger partial charge on any atom is -0.309 e. The molecule has 2 heterocycles. The van der Waals surface area contributed by atoms with Gasteiger partial charge in [0.05, 0.1) is 16.7 Å². The van der Waals surface area contributed by atoms with Crippen LogP contribution in [0.25, 0.3) is 27.5 Å². The molecule has 1 nitrogen and oxygen atoms in total. The van der Waals surface area contributed by atoms with E-state index in [9.17, 15) is 0 Å². The lowest BCUT2D eigenvalue weighted by molar-refractivity contribution is 0.739. The molecule has 1 aromatic heterocycles. The average molecular weight is 319 g/mol. The molecule has 2 unspecified atom stereocenters. The van der Waals surface area contributed by atoms with Crippen molar-refractivity contribution in [2.24, 2.45) is 0 Å². The van der Waals surface area contributed by atoms with Crippen molar-refractivity contribution in [3.05, 3.63) is 102 Å². The van der Waals surface area contributed by atoms with Crippen molar-refractivity contribution in [1.29, 1.82) is 0 Å². The van der Waals surface area contributed by atoms with Crippen molar-refractivity contribution in [2.45, 2.75) is 11.8 Å². The Morgan fingerprint density at radius 2 is 1.28 bits per heavy atom. The normalized spacial score (nSPS) is 20.5. The molecule has 1 aliphatic carbocycles. The number of allylic oxidation sites excluding steroid dienone is 4. The minimum atomic E-state index is 0.389. The van der Waals surface area contributed by atoms with Gasteiger partial charge < -0.3 is 4.57 Å². The maximum Gasteiger partial charge on any atom is 0.0579 e. The van der Waals surface area contributed by atoms with E-state index in [0.717, 1.165) is 0 Å². The first-order chi connectivity index (χ1) is 12.4. The Labute approximate surface area is 146 Å². The molecule has 0 amide bonds. The first kappa shape index (κ1) is 13.3. The van der Waals surface area contributed by atoms with Gasteiger partial charge in [0.2, 0.25) is 0 Å². The van der Waals surface area contributed by atoms with E-state index in [1.807, 2.05) is 0 Å². The number of benzene rings is 3. The number of hydrogen-bond acceptors (Lipinski definition) is 0. The first-order valence-electron chi connectivity index (χ1n) is 8.90. The van der Waals surface area contributed by atoms with Gasteiger partial charge in [-0.25, -0.2) is 0 Å². The van der Waals surface area contributed by atoms with Crippen molar-refractivity contribution in [1.82, 2.24) is 4.57 Å². The van der Waals surface area contributed by atoms with Gasteiger partial charge in [0.25, 0.3) is 0 Å². The topological polar surface area (TPSA) is 4.93 Å². The Morgan fingerprint density at radius 3 is 2.20 bits per heavy atom. The number of hydrogen-bond donors (Lipinski definition) is 0. The predicted molar refractivity (Wildman–Crippen MR) is 105 cm³/mol. The molecule has 1 heteroatoms. The van der Waals surface area contributed by atoms with Crippen LogP contribution in [0.5, 0.6) is 0 Å². The van der Waals surface area contributed by atoms with Crippen molar-refractivity contribution in [2.75, 3.05) is 0 Å².